The molecule has 1 fully saturated rings. The molecule has 2 heterocycles. The molecule has 0 aromatic carbocycles. The molecule has 1 aliphatic rings. The second-order valence-electron chi connectivity index (χ2n) is 4.08. The zero-order chi connectivity index (χ0) is 12.8. The number of carbonyl (C=O) groups is 2. The molecule has 1 aromatic heterocycles. The minimum atomic E-state index is -0.547. The van der Waals surface area contributed by atoms with Crippen LogP contribution < -0.4 is 10.6 Å². The van der Waals surface area contributed by atoms with Crippen LogP contribution in [0.5, 0.6) is 0 Å². The number of carbonyl (C=O) groups excluding carboxylic acids is 2. The summed E-state index contributed by atoms with van der Waals surface area (Å²) in [6.07, 6.45) is 3.30. The quantitative estimate of drug-likeness (QED) is 0.667. The summed E-state index contributed by atoms with van der Waals surface area (Å²) < 4.78 is 0. The van der Waals surface area contributed by atoms with Crippen molar-refractivity contribution in [2.45, 2.75) is 6.54 Å². The maximum atomic E-state index is 11.8. The van der Waals surface area contributed by atoms with Gasteiger partial charge in [-0.05, 0) is 17.7 Å². The van der Waals surface area contributed by atoms with Gasteiger partial charge >= 0.3 is 11.8 Å². The number of amides is 2. The van der Waals surface area contributed by atoms with Gasteiger partial charge in [-0.2, -0.15) is 0 Å². The maximum Gasteiger partial charge on any atom is 0.311 e. The van der Waals surface area contributed by atoms with E-state index in [0.717, 1.165) is 18.7 Å². The van der Waals surface area contributed by atoms with Crippen molar-refractivity contribution in [3.05, 3.63) is 30.1 Å². The van der Waals surface area contributed by atoms with Gasteiger partial charge in [0.1, 0.15) is 0 Å². The van der Waals surface area contributed by atoms with Gasteiger partial charge in [-0.3, -0.25) is 14.6 Å². The fourth-order valence-electron chi connectivity index (χ4n) is 1.77. The van der Waals surface area contributed by atoms with Gasteiger partial charge in [0.15, 0.2) is 0 Å². The van der Waals surface area contributed by atoms with Gasteiger partial charge in [-0.25, -0.2) is 0 Å². The molecule has 1 saturated heterocycles. The predicted octanol–water partition coefficient (Wildman–Crippen LogP) is -0.870. The lowest BCUT2D eigenvalue weighted by Crippen LogP contribution is -2.51. The molecule has 2 rings (SSSR count). The van der Waals surface area contributed by atoms with Crippen molar-refractivity contribution >= 4 is 11.8 Å². The Morgan fingerprint density at radius 2 is 1.94 bits per heavy atom. The Kier molecular flexibility index (Phi) is 4.25. The molecule has 1 aliphatic heterocycles. The van der Waals surface area contributed by atoms with Crippen molar-refractivity contribution in [2.75, 3.05) is 26.2 Å². The second-order valence-corrected chi connectivity index (χ2v) is 4.08. The second kappa shape index (κ2) is 6.11. The third-order valence-electron chi connectivity index (χ3n) is 2.80. The number of hydrogen-bond donors (Lipinski definition) is 2. The number of hydrogen-bond acceptors (Lipinski definition) is 4. The van der Waals surface area contributed by atoms with E-state index in [1.807, 2.05) is 0 Å². The molecule has 0 radical (unpaired) electrons. The van der Waals surface area contributed by atoms with Crippen LogP contribution >= 0.6 is 0 Å². The largest absolute Gasteiger partial charge is 0.344 e. The van der Waals surface area contributed by atoms with Crippen LogP contribution in [0.4, 0.5) is 0 Å². The summed E-state index contributed by atoms with van der Waals surface area (Å²) in [6.45, 7) is 2.99. The van der Waals surface area contributed by atoms with Gasteiger partial charge < -0.3 is 15.5 Å². The minimum absolute atomic E-state index is 0.346. The number of nitrogens with one attached hydrogen (secondary N) is 2. The van der Waals surface area contributed by atoms with Crippen LogP contribution in [0.25, 0.3) is 0 Å². The standard InChI is InChI=1S/C12H16N4O2/c17-11(12(18)16-7-5-14-6-8-16)15-9-10-1-3-13-4-2-10/h1-4,14H,5-9H2,(H,15,17). The van der Waals surface area contributed by atoms with Crippen LogP contribution in [0.15, 0.2) is 24.5 Å². The van der Waals surface area contributed by atoms with Crippen molar-refractivity contribution in [3.63, 3.8) is 0 Å². The highest BCUT2D eigenvalue weighted by Gasteiger charge is 2.22. The molecule has 18 heavy (non-hydrogen) atoms. The first-order valence-corrected chi connectivity index (χ1v) is 5.94. The Hall–Kier alpha value is -1.95. The molecule has 6 heteroatoms. The molecule has 6 nitrogen and oxygen atoms in total. The first kappa shape index (κ1) is 12.5. The van der Waals surface area contributed by atoms with Crippen LogP contribution in [0.1, 0.15) is 5.56 Å². The van der Waals surface area contributed by atoms with Crippen LogP contribution in [-0.4, -0.2) is 47.9 Å². The van der Waals surface area contributed by atoms with Crippen molar-refractivity contribution in [1.29, 1.82) is 0 Å². The Morgan fingerprint density at radius 3 is 2.61 bits per heavy atom. The highest BCUT2D eigenvalue weighted by Crippen LogP contribution is 1.97. The topological polar surface area (TPSA) is 74.3 Å². The Balaban J connectivity index is 1.82. The van der Waals surface area contributed by atoms with Crippen LogP contribution in [0.3, 0.4) is 0 Å². The highest BCUT2D eigenvalue weighted by molar-refractivity contribution is 6.34. The molecular weight excluding hydrogens is 232 g/mol. The van der Waals surface area contributed by atoms with E-state index in [9.17, 15) is 9.59 Å². The number of rotatable bonds is 2. The summed E-state index contributed by atoms with van der Waals surface area (Å²) in [5, 5.41) is 5.75. The van der Waals surface area contributed by atoms with Crippen LogP contribution in [-0.2, 0) is 16.1 Å². The summed E-state index contributed by atoms with van der Waals surface area (Å²) in [7, 11) is 0. The van der Waals surface area contributed by atoms with Gasteiger partial charge in [0, 0.05) is 45.1 Å². The molecule has 0 spiro atoms. The number of aromatic nitrogens is 1. The number of pyridine rings is 1. The molecule has 1 aromatic rings. The Labute approximate surface area is 105 Å². The van der Waals surface area contributed by atoms with Crippen molar-refractivity contribution in [2.24, 2.45) is 0 Å². The fourth-order valence-corrected chi connectivity index (χ4v) is 1.77. The lowest BCUT2D eigenvalue weighted by atomic mass is 10.2. The average Bonchev–Trinajstić information content (AvgIpc) is 2.46. The molecule has 0 bridgehead atoms. The lowest BCUT2D eigenvalue weighted by Gasteiger charge is -2.26. The zero-order valence-electron chi connectivity index (χ0n) is 10.1. The maximum absolute atomic E-state index is 11.8. The average molecular weight is 248 g/mol. The summed E-state index contributed by atoms with van der Waals surface area (Å²) >= 11 is 0. The summed E-state index contributed by atoms with van der Waals surface area (Å²) in [5.41, 5.74) is 0.923. The summed E-state index contributed by atoms with van der Waals surface area (Å²) in [6, 6.07) is 3.60. The van der Waals surface area contributed by atoms with E-state index < -0.39 is 11.8 Å². The molecule has 2 amide bonds. The van der Waals surface area contributed by atoms with E-state index in [2.05, 4.69) is 15.6 Å². The highest BCUT2D eigenvalue weighted by atomic mass is 16.2. The molecule has 2 N–H and O–H groups in total. The molecule has 0 unspecified atom stereocenters. The monoisotopic (exact) mass is 248 g/mol. The van der Waals surface area contributed by atoms with Crippen LogP contribution in [0, 0.1) is 0 Å². The van der Waals surface area contributed by atoms with E-state index in [0.29, 0.717) is 19.6 Å². The smallest absolute Gasteiger partial charge is 0.311 e. The third-order valence-corrected chi connectivity index (χ3v) is 2.80. The van der Waals surface area contributed by atoms with Crippen molar-refractivity contribution in [1.82, 2.24) is 20.5 Å². The normalized spacial score (nSPS) is 15.2. The number of nitrogens with zero attached hydrogens (tertiary/aromatic N) is 2. The van der Waals surface area contributed by atoms with E-state index in [4.69, 9.17) is 0 Å². The first-order valence-electron chi connectivity index (χ1n) is 5.94. The fraction of sp³-hybridized carbons (Fsp3) is 0.417. The summed E-state index contributed by atoms with van der Waals surface area (Å²) in [5.74, 6) is -1.00. The SMILES string of the molecule is O=C(NCc1ccncc1)C(=O)N1CCNCC1. The van der Waals surface area contributed by atoms with E-state index in [1.165, 1.54) is 0 Å². The number of piperazine rings is 1. The zero-order valence-corrected chi connectivity index (χ0v) is 10.1. The lowest BCUT2D eigenvalue weighted by molar-refractivity contribution is -0.146. The molecule has 96 valence electrons. The first-order chi connectivity index (χ1) is 8.77. The van der Waals surface area contributed by atoms with Gasteiger partial charge in [0.2, 0.25) is 0 Å². The van der Waals surface area contributed by atoms with Gasteiger partial charge in [0.25, 0.3) is 0 Å². The van der Waals surface area contributed by atoms with Gasteiger partial charge in [-0.15, -0.1) is 0 Å². The van der Waals surface area contributed by atoms with E-state index >= 15 is 0 Å². The van der Waals surface area contributed by atoms with Crippen molar-refractivity contribution in [3.8, 4) is 0 Å². The third kappa shape index (κ3) is 3.27. The minimum Gasteiger partial charge on any atom is -0.344 e. The van der Waals surface area contributed by atoms with Gasteiger partial charge in [0.05, 0.1) is 0 Å². The van der Waals surface area contributed by atoms with Crippen molar-refractivity contribution < 1.29 is 9.59 Å². The van der Waals surface area contributed by atoms with Crippen LogP contribution in [0.2, 0.25) is 0 Å². The van der Waals surface area contributed by atoms with Gasteiger partial charge in [-0.1, -0.05) is 0 Å². The summed E-state index contributed by atoms with van der Waals surface area (Å²) in [4.78, 5) is 28.9. The molecular formula is C12H16N4O2. The Morgan fingerprint density at radius 1 is 1.28 bits per heavy atom. The molecule has 0 saturated carbocycles. The molecule has 0 aliphatic carbocycles. The predicted molar refractivity (Wildman–Crippen MR) is 65.5 cm³/mol. The molecule has 0 atom stereocenters. The van der Waals surface area contributed by atoms with E-state index in [1.54, 1.807) is 29.4 Å². The van der Waals surface area contributed by atoms with E-state index in [-0.39, 0.29) is 0 Å². The Bertz CT molecular complexity index is 415.